The zero-order valence-electron chi connectivity index (χ0n) is 32.8. The van der Waals surface area contributed by atoms with E-state index in [1.165, 1.54) is 11.0 Å². The molecule has 3 N–H and O–H groups in total. The first-order valence-electron chi connectivity index (χ1n) is 20.0. The van der Waals surface area contributed by atoms with Crippen molar-refractivity contribution in [3.05, 3.63) is 42.6 Å². The van der Waals surface area contributed by atoms with Crippen LogP contribution in [0.5, 0.6) is 11.5 Å². The molecule has 304 valence electrons. The number of hydrogen-bond donors (Lipinski definition) is 3. The number of carbonyl (C=O) groups is 4. The predicted molar refractivity (Wildman–Crippen MR) is 208 cm³/mol. The highest BCUT2D eigenvalue weighted by atomic mass is 32.2. The van der Waals surface area contributed by atoms with E-state index < -0.39 is 74.1 Å². The van der Waals surface area contributed by atoms with Crippen LogP contribution < -0.4 is 24.8 Å². The summed E-state index contributed by atoms with van der Waals surface area (Å²) in [5.74, 6) is -1.03. The highest BCUT2D eigenvalue weighted by molar-refractivity contribution is 7.91. The monoisotopic (exact) mass is 793 g/mol. The van der Waals surface area contributed by atoms with Crippen LogP contribution in [0.1, 0.15) is 97.1 Å². The number of aromatic nitrogens is 1. The quantitative estimate of drug-likeness (QED) is 0.333. The molecule has 1 aromatic carbocycles. The van der Waals surface area contributed by atoms with Gasteiger partial charge in [-0.2, -0.15) is 0 Å². The predicted octanol–water partition coefficient (Wildman–Crippen LogP) is 4.69. The van der Waals surface area contributed by atoms with Crippen LogP contribution in [0.3, 0.4) is 0 Å². The van der Waals surface area contributed by atoms with Gasteiger partial charge < -0.3 is 29.7 Å². The number of nitrogens with one attached hydrogen (secondary N) is 3. The van der Waals surface area contributed by atoms with Crippen LogP contribution in [0.4, 0.5) is 4.79 Å². The number of sulfonamides is 1. The molecule has 1 saturated heterocycles. The zero-order valence-corrected chi connectivity index (χ0v) is 33.6. The minimum atomic E-state index is -3.90. The number of amides is 4. The van der Waals surface area contributed by atoms with Crippen LogP contribution in [0.15, 0.2) is 36.9 Å². The van der Waals surface area contributed by atoms with Gasteiger partial charge in [-0.05, 0) is 93.4 Å². The van der Waals surface area contributed by atoms with Crippen molar-refractivity contribution in [3.8, 4) is 11.5 Å². The Hall–Kier alpha value is -4.40. The molecule has 2 aromatic rings. The van der Waals surface area contributed by atoms with E-state index in [4.69, 9.17) is 19.2 Å². The molecule has 4 fully saturated rings. The van der Waals surface area contributed by atoms with Crippen molar-refractivity contribution in [3.63, 3.8) is 0 Å². The summed E-state index contributed by atoms with van der Waals surface area (Å²) in [6, 6.07) is 5.39. The first-order chi connectivity index (χ1) is 26.6. The number of benzene rings is 1. The molecule has 0 radical (unpaired) electrons. The molecule has 1 aromatic heterocycles. The van der Waals surface area contributed by atoms with Gasteiger partial charge in [-0.15, -0.1) is 6.58 Å². The Bertz CT molecular complexity index is 2000. The molecule has 2 unspecified atom stereocenters. The number of aryl methyl sites for hydroxylation is 1. The summed E-state index contributed by atoms with van der Waals surface area (Å²) < 4.78 is 45.9. The molecule has 15 heteroatoms. The summed E-state index contributed by atoms with van der Waals surface area (Å²) >= 11 is 0. The van der Waals surface area contributed by atoms with Crippen molar-refractivity contribution >= 4 is 44.7 Å². The van der Waals surface area contributed by atoms with Crippen molar-refractivity contribution in [2.75, 3.05) is 13.7 Å². The van der Waals surface area contributed by atoms with E-state index >= 15 is 0 Å². The van der Waals surface area contributed by atoms with Gasteiger partial charge >= 0.3 is 6.09 Å². The lowest BCUT2D eigenvalue weighted by Crippen LogP contribution is -2.60. The van der Waals surface area contributed by atoms with Gasteiger partial charge in [0.05, 0.1) is 30.1 Å². The average Bonchev–Trinajstić information content (AvgIpc) is 4.04. The fourth-order valence-electron chi connectivity index (χ4n) is 8.62. The Morgan fingerprint density at radius 2 is 1.82 bits per heavy atom. The van der Waals surface area contributed by atoms with Crippen molar-refractivity contribution in [1.82, 2.24) is 25.2 Å². The number of ether oxygens (including phenoxy) is 3. The van der Waals surface area contributed by atoms with E-state index in [2.05, 4.69) is 21.9 Å². The van der Waals surface area contributed by atoms with Gasteiger partial charge in [-0.25, -0.2) is 18.2 Å². The van der Waals surface area contributed by atoms with E-state index in [1.807, 2.05) is 45.0 Å². The number of pyridine rings is 1. The molecule has 7 atom stereocenters. The molecule has 14 nitrogen and oxygen atoms in total. The van der Waals surface area contributed by atoms with Crippen molar-refractivity contribution in [2.45, 2.75) is 133 Å². The Kier molecular flexibility index (Phi) is 11.0. The van der Waals surface area contributed by atoms with Crippen LogP contribution in [-0.2, 0) is 35.6 Å². The number of hydrogen-bond acceptors (Lipinski definition) is 10. The number of fused-ring (bicyclic) bond motifs is 5. The number of rotatable bonds is 7. The van der Waals surface area contributed by atoms with Gasteiger partial charge in [-0.1, -0.05) is 39.7 Å². The number of carbonyl (C=O) groups excluding carboxylic acids is 4. The third-order valence-corrected chi connectivity index (χ3v) is 14.0. The van der Waals surface area contributed by atoms with E-state index in [0.717, 1.165) is 61.5 Å². The number of nitrogens with zero attached hydrogens (tertiary/aromatic N) is 2. The Morgan fingerprint density at radius 1 is 1.05 bits per heavy atom. The van der Waals surface area contributed by atoms with Crippen LogP contribution in [-0.4, -0.2) is 90.9 Å². The standard InChI is InChI=1S/C41H55N5O9S/c1-6-26-22-41(26,38(49)45-56(51,52)29-16-17-29)44-36(47)32-21-28-23-46(32)37(48)35(40(2,3)4)43-39(50)55-33-14-10-12-24(33)11-8-7-9-13-31-34(54-28)20-25-19-27(53-5)15-18-30(25)42-31/h6,15,18-20,24,26,28-29,32-33,35H,1,7-14,16-17,21-23H2,2-5H3,(H,43,50)(H,44,47)(H,45,49)/t24?,26-,28-,32+,33-,35-,41?/m1/s1. The Balaban J connectivity index is 1.23. The largest absolute Gasteiger partial charge is 0.497 e. The molecular formula is C41H55N5O9S. The van der Waals surface area contributed by atoms with E-state index in [9.17, 15) is 27.6 Å². The van der Waals surface area contributed by atoms with E-state index in [-0.39, 0.29) is 31.4 Å². The summed E-state index contributed by atoms with van der Waals surface area (Å²) in [4.78, 5) is 62.7. The first kappa shape index (κ1) is 39.8. The summed E-state index contributed by atoms with van der Waals surface area (Å²) in [6.45, 7) is 9.30. The fraction of sp³-hybridized carbons (Fsp3) is 0.634. The molecule has 3 heterocycles. The van der Waals surface area contributed by atoms with E-state index in [0.29, 0.717) is 30.8 Å². The van der Waals surface area contributed by atoms with Gasteiger partial charge in [0.1, 0.15) is 41.3 Å². The second-order valence-electron chi connectivity index (χ2n) is 17.3. The zero-order chi connectivity index (χ0) is 40.0. The van der Waals surface area contributed by atoms with Crippen LogP contribution in [0.2, 0.25) is 0 Å². The van der Waals surface area contributed by atoms with Gasteiger partial charge in [0.15, 0.2) is 0 Å². The second-order valence-corrected chi connectivity index (χ2v) is 19.3. The van der Waals surface area contributed by atoms with Gasteiger partial charge in [0.2, 0.25) is 21.8 Å². The third kappa shape index (κ3) is 8.33. The lowest BCUT2D eigenvalue weighted by molar-refractivity contribution is -0.143. The molecule has 4 amide bonds. The molecule has 3 saturated carbocycles. The van der Waals surface area contributed by atoms with Crippen LogP contribution in [0.25, 0.3) is 10.9 Å². The Morgan fingerprint density at radius 3 is 2.52 bits per heavy atom. The normalized spacial score (nSPS) is 30.0. The van der Waals surface area contributed by atoms with E-state index in [1.54, 1.807) is 7.11 Å². The van der Waals surface area contributed by atoms with Crippen molar-refractivity contribution in [2.24, 2.45) is 17.3 Å². The molecular weight excluding hydrogens is 739 g/mol. The van der Waals surface area contributed by atoms with Gasteiger partial charge in [-0.3, -0.25) is 19.1 Å². The smallest absolute Gasteiger partial charge is 0.408 e. The summed E-state index contributed by atoms with van der Waals surface area (Å²) in [6.07, 6.45) is 8.15. The summed E-state index contributed by atoms with van der Waals surface area (Å²) in [7, 11) is -2.30. The SMILES string of the molecule is C=C[C@@H]1CC1(NC(=O)[C@@H]1C[C@@H]2CN1C(=O)[C@H](C(C)(C)C)NC(=O)O[C@@H]1CCCC1CCCCCc1nc3ccc(OC)cc3cc1O2)C(=O)NS(=O)(=O)C1CC1. The van der Waals surface area contributed by atoms with Crippen LogP contribution in [0, 0.1) is 17.3 Å². The highest BCUT2D eigenvalue weighted by Gasteiger charge is 2.62. The minimum absolute atomic E-state index is 0.000652. The molecule has 7 rings (SSSR count). The summed E-state index contributed by atoms with van der Waals surface area (Å²) in [5.41, 5.74) is -0.767. The van der Waals surface area contributed by atoms with Gasteiger partial charge in [0, 0.05) is 17.7 Å². The lowest BCUT2D eigenvalue weighted by Gasteiger charge is -2.35. The second kappa shape index (κ2) is 15.5. The molecule has 2 aliphatic heterocycles. The maximum Gasteiger partial charge on any atom is 0.408 e. The average molecular weight is 794 g/mol. The topological polar surface area (TPSA) is 182 Å². The minimum Gasteiger partial charge on any atom is -0.497 e. The molecule has 0 spiro atoms. The Labute approximate surface area is 328 Å². The van der Waals surface area contributed by atoms with Crippen molar-refractivity contribution in [1.29, 1.82) is 0 Å². The molecule has 3 aliphatic carbocycles. The first-order valence-corrected chi connectivity index (χ1v) is 21.6. The third-order valence-electron chi connectivity index (χ3n) is 12.2. The summed E-state index contributed by atoms with van der Waals surface area (Å²) in [5, 5.41) is 5.88. The molecule has 2 bridgehead atoms. The molecule has 5 aliphatic rings. The fourth-order valence-corrected chi connectivity index (χ4v) is 9.99. The van der Waals surface area contributed by atoms with Gasteiger partial charge in [0.25, 0.3) is 5.91 Å². The number of alkyl carbamates (subject to hydrolysis) is 1. The highest BCUT2D eigenvalue weighted by Crippen LogP contribution is 2.46. The maximum atomic E-state index is 14.7. The molecule has 56 heavy (non-hydrogen) atoms. The lowest BCUT2D eigenvalue weighted by atomic mass is 9.85. The maximum absolute atomic E-state index is 14.7. The van der Waals surface area contributed by atoms with Crippen molar-refractivity contribution < 1.29 is 41.8 Å². The van der Waals surface area contributed by atoms with Crippen LogP contribution >= 0.6 is 0 Å². The number of methoxy groups -OCH3 is 1.